The van der Waals surface area contributed by atoms with Crippen LogP contribution in [0.25, 0.3) is 0 Å². The minimum absolute atomic E-state index is 0.0314. The summed E-state index contributed by atoms with van der Waals surface area (Å²) in [5.74, 6) is 0.902. The number of hydrogen-bond acceptors (Lipinski definition) is 4. The van der Waals surface area contributed by atoms with Gasteiger partial charge in [-0.3, -0.25) is 9.78 Å². The van der Waals surface area contributed by atoms with Crippen LogP contribution in [0, 0.1) is 0 Å². The predicted octanol–water partition coefficient (Wildman–Crippen LogP) is 2.98. The van der Waals surface area contributed by atoms with Crippen molar-refractivity contribution in [2.45, 2.75) is 19.3 Å². The number of hydrogen-bond donors (Lipinski definition) is 1. The average Bonchev–Trinajstić information content (AvgIpc) is 3.16. The molecule has 5 nitrogen and oxygen atoms in total. The summed E-state index contributed by atoms with van der Waals surface area (Å²) in [4.78, 5) is 18.5. The number of aromatic nitrogens is 1. The van der Waals surface area contributed by atoms with E-state index >= 15 is 0 Å². The number of carbonyl (C=O) groups excluding carboxylic acids is 1. The van der Waals surface area contributed by atoms with Crippen LogP contribution in [-0.2, 0) is 6.42 Å². The van der Waals surface area contributed by atoms with Gasteiger partial charge in [-0.2, -0.15) is 0 Å². The SMILES string of the molecule is COc1cccc(CCNc2ccnc(C(=O)N3CCCC3)c2)c1. The first-order chi connectivity index (χ1) is 11.8. The van der Waals surface area contributed by atoms with Gasteiger partial charge in [-0.1, -0.05) is 12.1 Å². The fraction of sp³-hybridized carbons (Fsp3) is 0.368. The summed E-state index contributed by atoms with van der Waals surface area (Å²) < 4.78 is 5.24. The molecule has 0 spiro atoms. The Morgan fingerprint density at radius 1 is 1.25 bits per heavy atom. The largest absolute Gasteiger partial charge is 0.497 e. The minimum atomic E-state index is 0.0314. The van der Waals surface area contributed by atoms with Crippen LogP contribution in [0.4, 0.5) is 5.69 Å². The number of nitrogens with zero attached hydrogens (tertiary/aromatic N) is 2. The molecule has 0 unspecified atom stereocenters. The minimum Gasteiger partial charge on any atom is -0.497 e. The lowest BCUT2D eigenvalue weighted by molar-refractivity contribution is 0.0787. The molecule has 1 aromatic carbocycles. The molecular weight excluding hydrogens is 302 g/mol. The lowest BCUT2D eigenvalue weighted by Gasteiger charge is -2.15. The standard InChI is InChI=1S/C19H23N3O2/c1-24-17-6-4-5-15(13-17)7-9-20-16-8-10-21-18(14-16)19(23)22-11-2-3-12-22/h4-6,8,10,13-14H,2-3,7,9,11-12H2,1H3,(H,20,21). The molecule has 1 aliphatic rings. The van der Waals surface area contributed by atoms with E-state index in [4.69, 9.17) is 4.74 Å². The highest BCUT2D eigenvalue weighted by molar-refractivity contribution is 5.93. The van der Waals surface area contributed by atoms with Crippen LogP contribution in [0.5, 0.6) is 5.75 Å². The molecular formula is C19H23N3O2. The van der Waals surface area contributed by atoms with E-state index in [1.165, 1.54) is 5.56 Å². The number of amides is 1. The van der Waals surface area contributed by atoms with Crippen LogP contribution in [0.3, 0.4) is 0 Å². The zero-order chi connectivity index (χ0) is 16.8. The number of nitrogens with one attached hydrogen (secondary N) is 1. The van der Waals surface area contributed by atoms with E-state index in [0.29, 0.717) is 5.69 Å². The van der Waals surface area contributed by atoms with Crippen molar-refractivity contribution in [3.8, 4) is 5.75 Å². The first-order valence-electron chi connectivity index (χ1n) is 8.38. The number of ether oxygens (including phenoxy) is 1. The Morgan fingerprint density at radius 2 is 2.08 bits per heavy atom. The van der Waals surface area contributed by atoms with Crippen molar-refractivity contribution < 1.29 is 9.53 Å². The molecule has 24 heavy (non-hydrogen) atoms. The molecule has 0 aliphatic carbocycles. The smallest absolute Gasteiger partial charge is 0.272 e. The monoisotopic (exact) mass is 325 g/mol. The normalized spacial score (nSPS) is 13.8. The van der Waals surface area contributed by atoms with Gasteiger partial charge in [-0.05, 0) is 49.1 Å². The fourth-order valence-electron chi connectivity index (χ4n) is 2.92. The Labute approximate surface area is 142 Å². The highest BCUT2D eigenvalue weighted by Crippen LogP contribution is 2.16. The van der Waals surface area contributed by atoms with Gasteiger partial charge >= 0.3 is 0 Å². The first-order valence-corrected chi connectivity index (χ1v) is 8.38. The van der Waals surface area contributed by atoms with Crippen molar-refractivity contribution in [2.75, 3.05) is 32.1 Å². The van der Waals surface area contributed by atoms with E-state index in [1.54, 1.807) is 13.3 Å². The number of anilines is 1. The van der Waals surface area contributed by atoms with Crippen molar-refractivity contribution in [3.05, 3.63) is 53.9 Å². The summed E-state index contributed by atoms with van der Waals surface area (Å²) in [6, 6.07) is 11.8. The average molecular weight is 325 g/mol. The Bertz CT molecular complexity index is 697. The van der Waals surface area contributed by atoms with Crippen molar-refractivity contribution in [1.82, 2.24) is 9.88 Å². The summed E-state index contributed by atoms with van der Waals surface area (Å²) in [6.45, 7) is 2.47. The molecule has 0 saturated carbocycles. The zero-order valence-corrected chi connectivity index (χ0v) is 14.0. The number of pyridine rings is 1. The number of rotatable bonds is 6. The first kappa shape index (κ1) is 16.3. The van der Waals surface area contributed by atoms with Crippen molar-refractivity contribution in [3.63, 3.8) is 0 Å². The Kier molecular flexibility index (Phi) is 5.31. The number of likely N-dealkylation sites (tertiary alicyclic amines) is 1. The summed E-state index contributed by atoms with van der Waals surface area (Å²) in [5.41, 5.74) is 2.66. The molecule has 1 N–H and O–H groups in total. The van der Waals surface area contributed by atoms with Crippen LogP contribution in [0.15, 0.2) is 42.6 Å². The molecule has 1 amide bonds. The molecule has 1 aliphatic heterocycles. The highest BCUT2D eigenvalue weighted by Gasteiger charge is 2.20. The van der Waals surface area contributed by atoms with Crippen LogP contribution < -0.4 is 10.1 Å². The maximum Gasteiger partial charge on any atom is 0.272 e. The van der Waals surface area contributed by atoms with Gasteiger partial charge in [0.25, 0.3) is 5.91 Å². The van der Waals surface area contributed by atoms with Gasteiger partial charge in [0.1, 0.15) is 11.4 Å². The molecule has 5 heteroatoms. The van der Waals surface area contributed by atoms with Gasteiger partial charge in [-0.25, -0.2) is 0 Å². The molecule has 1 saturated heterocycles. The Hall–Kier alpha value is -2.56. The zero-order valence-electron chi connectivity index (χ0n) is 14.0. The van der Waals surface area contributed by atoms with Crippen LogP contribution in [-0.4, -0.2) is 42.5 Å². The summed E-state index contributed by atoms with van der Waals surface area (Å²) in [7, 11) is 1.67. The molecule has 3 rings (SSSR count). The lowest BCUT2D eigenvalue weighted by atomic mass is 10.1. The number of methoxy groups -OCH3 is 1. The van der Waals surface area contributed by atoms with Crippen LogP contribution >= 0.6 is 0 Å². The van der Waals surface area contributed by atoms with Crippen molar-refractivity contribution in [2.24, 2.45) is 0 Å². The Morgan fingerprint density at radius 3 is 2.88 bits per heavy atom. The number of benzene rings is 1. The summed E-state index contributed by atoms with van der Waals surface area (Å²) >= 11 is 0. The third-order valence-corrected chi connectivity index (χ3v) is 4.25. The second kappa shape index (κ2) is 7.81. The third kappa shape index (κ3) is 4.04. The second-order valence-corrected chi connectivity index (χ2v) is 5.96. The molecule has 2 heterocycles. The van der Waals surface area contributed by atoms with Gasteiger partial charge in [0.05, 0.1) is 7.11 Å². The van der Waals surface area contributed by atoms with E-state index < -0.39 is 0 Å². The van der Waals surface area contributed by atoms with Gasteiger partial charge in [0, 0.05) is 31.5 Å². The van der Waals surface area contributed by atoms with Crippen LogP contribution in [0.1, 0.15) is 28.9 Å². The molecule has 2 aromatic rings. The molecule has 1 aromatic heterocycles. The van der Waals surface area contributed by atoms with E-state index in [1.807, 2.05) is 35.2 Å². The van der Waals surface area contributed by atoms with Gasteiger partial charge in [0.2, 0.25) is 0 Å². The van der Waals surface area contributed by atoms with Gasteiger partial charge < -0.3 is 15.0 Å². The van der Waals surface area contributed by atoms with Crippen molar-refractivity contribution in [1.29, 1.82) is 0 Å². The van der Waals surface area contributed by atoms with E-state index in [-0.39, 0.29) is 5.91 Å². The highest BCUT2D eigenvalue weighted by atomic mass is 16.5. The molecule has 126 valence electrons. The van der Waals surface area contributed by atoms with E-state index in [9.17, 15) is 4.79 Å². The fourth-order valence-corrected chi connectivity index (χ4v) is 2.92. The van der Waals surface area contributed by atoms with Crippen molar-refractivity contribution >= 4 is 11.6 Å². The maximum absolute atomic E-state index is 12.4. The van der Waals surface area contributed by atoms with Gasteiger partial charge in [-0.15, -0.1) is 0 Å². The molecule has 1 fully saturated rings. The molecule has 0 radical (unpaired) electrons. The second-order valence-electron chi connectivity index (χ2n) is 5.96. The third-order valence-electron chi connectivity index (χ3n) is 4.25. The quantitative estimate of drug-likeness (QED) is 0.887. The summed E-state index contributed by atoms with van der Waals surface area (Å²) in [6.07, 6.45) is 4.75. The molecule has 0 bridgehead atoms. The van der Waals surface area contributed by atoms with E-state index in [0.717, 1.165) is 50.3 Å². The maximum atomic E-state index is 12.4. The number of carbonyl (C=O) groups is 1. The van der Waals surface area contributed by atoms with Crippen LogP contribution in [0.2, 0.25) is 0 Å². The lowest BCUT2D eigenvalue weighted by Crippen LogP contribution is -2.28. The van der Waals surface area contributed by atoms with E-state index in [2.05, 4.69) is 16.4 Å². The predicted molar refractivity (Wildman–Crippen MR) is 94.6 cm³/mol. The summed E-state index contributed by atoms with van der Waals surface area (Å²) in [5, 5.41) is 3.36. The molecule has 0 atom stereocenters. The topological polar surface area (TPSA) is 54.5 Å². The van der Waals surface area contributed by atoms with Gasteiger partial charge in [0.15, 0.2) is 0 Å². The Balaban J connectivity index is 1.57.